The molecule has 0 spiro atoms. The van der Waals surface area contributed by atoms with E-state index in [-0.39, 0.29) is 0 Å². The molecule has 1 amide bonds. The number of benzene rings is 2. The largest absolute Gasteiger partial charge is 0.487 e. The average Bonchev–Trinajstić information content (AvgIpc) is 3.12. The molecule has 35 heavy (non-hydrogen) atoms. The van der Waals surface area contributed by atoms with Crippen LogP contribution < -0.4 is 14.1 Å². The Morgan fingerprint density at radius 1 is 1.26 bits per heavy atom. The molecule has 0 aromatic heterocycles. The van der Waals surface area contributed by atoms with E-state index < -0.39 is 24.6 Å². The van der Waals surface area contributed by atoms with Gasteiger partial charge in [-0.25, -0.2) is 8.87 Å². The summed E-state index contributed by atoms with van der Waals surface area (Å²) in [7, 11) is -3.56. The molecule has 7 nitrogen and oxygen atoms in total. The first-order chi connectivity index (χ1) is 16.6. The van der Waals surface area contributed by atoms with E-state index in [1.165, 1.54) is 10.7 Å². The Balaban J connectivity index is 1.73. The molecule has 1 aliphatic carbocycles. The number of rotatable bonds is 8. The van der Waals surface area contributed by atoms with Gasteiger partial charge in [0, 0.05) is 25.1 Å². The predicted octanol–water partition coefficient (Wildman–Crippen LogP) is 6.87. The van der Waals surface area contributed by atoms with Gasteiger partial charge in [0.15, 0.2) is 0 Å². The Bertz CT molecular complexity index is 1250. The number of carboxylic acid groups (broad SMARTS) is 1. The molecule has 4 rings (SSSR count). The van der Waals surface area contributed by atoms with Gasteiger partial charge in [0.2, 0.25) is 0 Å². The molecule has 0 saturated carbocycles. The van der Waals surface area contributed by atoms with E-state index in [1.807, 2.05) is 62.4 Å². The summed E-state index contributed by atoms with van der Waals surface area (Å²) in [5.74, 6) is 1.02. The highest BCUT2D eigenvalue weighted by molar-refractivity contribution is 8.07. The van der Waals surface area contributed by atoms with Gasteiger partial charge in [0.05, 0.1) is 10.6 Å². The van der Waals surface area contributed by atoms with Gasteiger partial charge in [-0.05, 0) is 49.6 Å². The van der Waals surface area contributed by atoms with Crippen molar-refractivity contribution in [2.75, 3.05) is 10.7 Å². The Morgan fingerprint density at radius 3 is 2.69 bits per heavy atom. The molecule has 2 unspecified atom stereocenters. The number of ether oxygens (including phenoxy) is 1. The van der Waals surface area contributed by atoms with Crippen LogP contribution in [0.2, 0.25) is 0 Å². The molecule has 0 fully saturated rings. The zero-order valence-electron chi connectivity index (χ0n) is 19.6. The number of anilines is 1. The van der Waals surface area contributed by atoms with Crippen LogP contribution in [0.4, 0.5) is 10.5 Å². The SMILES string of the molecule is CC1(C)Cc2cccc(C(NC(=O)O)SN(c3ccccc3)P(C)(=O)OC3=CC=CCC3=S)c2O1. The molecule has 184 valence electrons. The van der Waals surface area contributed by atoms with Crippen LogP contribution in [-0.4, -0.2) is 28.3 Å². The first-order valence-electron chi connectivity index (χ1n) is 11.1. The van der Waals surface area contributed by atoms with E-state index in [1.54, 1.807) is 18.2 Å². The van der Waals surface area contributed by atoms with Crippen molar-refractivity contribution in [3.63, 3.8) is 0 Å². The molecule has 2 N–H and O–H groups in total. The molecule has 10 heteroatoms. The monoisotopic (exact) mass is 530 g/mol. The van der Waals surface area contributed by atoms with E-state index in [9.17, 15) is 14.5 Å². The van der Waals surface area contributed by atoms with E-state index in [0.29, 0.717) is 40.5 Å². The Morgan fingerprint density at radius 2 is 2.00 bits per heavy atom. The third-order valence-electron chi connectivity index (χ3n) is 5.40. The van der Waals surface area contributed by atoms with Crippen molar-refractivity contribution in [1.82, 2.24) is 5.32 Å². The Kier molecular flexibility index (Phi) is 7.31. The number of carbonyl (C=O) groups is 1. The smallest absolute Gasteiger partial charge is 0.405 e. The minimum absolute atomic E-state index is 0.378. The van der Waals surface area contributed by atoms with Crippen LogP contribution in [0.25, 0.3) is 0 Å². The lowest BCUT2D eigenvalue weighted by Gasteiger charge is -2.33. The van der Waals surface area contributed by atoms with Crippen molar-refractivity contribution in [1.29, 1.82) is 0 Å². The average molecular weight is 531 g/mol. The Hall–Kier alpha value is -2.74. The van der Waals surface area contributed by atoms with Crippen molar-refractivity contribution in [2.24, 2.45) is 0 Å². The van der Waals surface area contributed by atoms with Gasteiger partial charge in [0.1, 0.15) is 22.5 Å². The van der Waals surface area contributed by atoms with Crippen LogP contribution in [0.5, 0.6) is 5.75 Å². The topological polar surface area (TPSA) is 88.1 Å². The maximum atomic E-state index is 14.1. The summed E-state index contributed by atoms with van der Waals surface area (Å²) in [4.78, 5) is 12.4. The van der Waals surface area contributed by atoms with Crippen molar-refractivity contribution in [3.05, 3.63) is 83.6 Å². The van der Waals surface area contributed by atoms with Crippen molar-refractivity contribution >= 4 is 48.3 Å². The van der Waals surface area contributed by atoms with Crippen LogP contribution in [0.15, 0.2) is 72.5 Å². The molecule has 0 saturated heterocycles. The second-order valence-electron chi connectivity index (χ2n) is 8.90. The fourth-order valence-corrected chi connectivity index (χ4v) is 7.35. The molecular formula is C25H27N2O5PS2. The van der Waals surface area contributed by atoms with Crippen molar-refractivity contribution in [3.8, 4) is 5.75 Å². The third kappa shape index (κ3) is 5.92. The second kappa shape index (κ2) is 10.1. The predicted molar refractivity (Wildman–Crippen MR) is 144 cm³/mol. The molecule has 1 heterocycles. The maximum absolute atomic E-state index is 14.1. The van der Waals surface area contributed by atoms with E-state index in [0.717, 1.165) is 17.5 Å². The lowest BCUT2D eigenvalue weighted by Crippen LogP contribution is -2.29. The zero-order chi connectivity index (χ0) is 25.2. The third-order valence-corrected chi connectivity index (χ3v) is 9.36. The first kappa shape index (κ1) is 25.4. The first-order valence-corrected chi connectivity index (χ1v) is 14.3. The van der Waals surface area contributed by atoms with Crippen LogP contribution in [0.3, 0.4) is 0 Å². The summed E-state index contributed by atoms with van der Waals surface area (Å²) < 4.78 is 27.8. The fourth-order valence-electron chi connectivity index (χ4n) is 3.96. The van der Waals surface area contributed by atoms with E-state index in [2.05, 4.69) is 5.32 Å². The summed E-state index contributed by atoms with van der Waals surface area (Å²) in [6, 6.07) is 14.8. The number of amides is 1. The summed E-state index contributed by atoms with van der Waals surface area (Å²) in [6.07, 6.45) is 5.45. The van der Waals surface area contributed by atoms with Gasteiger partial charge in [-0.3, -0.25) is 4.57 Å². The fraction of sp³-hybridized carbons (Fsp3) is 0.280. The van der Waals surface area contributed by atoms with Crippen LogP contribution in [0, 0.1) is 0 Å². The highest BCUT2D eigenvalue weighted by Crippen LogP contribution is 2.58. The number of hydrogen-bond donors (Lipinski definition) is 2. The number of thiocarbonyl (C=S) groups is 1. The Labute approximate surface area is 214 Å². The molecule has 2 aliphatic rings. The summed E-state index contributed by atoms with van der Waals surface area (Å²) in [5, 5.41) is 11.4. The number of allylic oxidation sites excluding steroid dienone is 4. The molecule has 2 aromatic rings. The molecule has 0 bridgehead atoms. The van der Waals surface area contributed by atoms with Crippen LogP contribution in [0.1, 0.15) is 36.8 Å². The number of hydrogen-bond acceptors (Lipinski definition) is 6. The summed E-state index contributed by atoms with van der Waals surface area (Å²) >= 11 is 6.47. The highest BCUT2D eigenvalue weighted by atomic mass is 32.2. The van der Waals surface area contributed by atoms with Crippen LogP contribution >= 0.6 is 31.7 Å². The minimum atomic E-state index is -3.56. The molecule has 2 aromatic carbocycles. The van der Waals surface area contributed by atoms with E-state index >= 15 is 0 Å². The molecule has 1 aliphatic heterocycles. The van der Waals surface area contributed by atoms with E-state index in [4.69, 9.17) is 21.5 Å². The van der Waals surface area contributed by atoms with Gasteiger partial charge in [-0.15, -0.1) is 0 Å². The molecule has 2 atom stereocenters. The van der Waals surface area contributed by atoms with Crippen LogP contribution in [-0.2, 0) is 15.5 Å². The quantitative estimate of drug-likeness (QED) is 0.165. The van der Waals surface area contributed by atoms with Gasteiger partial charge in [-0.2, -0.15) is 0 Å². The number of nitrogens with zero attached hydrogens (tertiary/aromatic N) is 1. The minimum Gasteiger partial charge on any atom is -0.487 e. The standard InChI is InChI=1S/C25H27N2O5PS2/c1-25(2)16-17-10-9-13-19(22(17)31-25)23(26-24(28)29)35-27(18-11-5-4-6-12-18)33(3,30)32-20-14-7-8-15-21(20)34/h4-14,23,26H,15-16H2,1-3H3,(H,28,29). The highest BCUT2D eigenvalue weighted by Gasteiger charge is 2.38. The van der Waals surface area contributed by atoms with Gasteiger partial charge in [-0.1, -0.05) is 60.8 Å². The second-order valence-corrected chi connectivity index (χ2v) is 12.9. The number of fused-ring (bicyclic) bond motifs is 1. The zero-order valence-corrected chi connectivity index (χ0v) is 22.2. The summed E-state index contributed by atoms with van der Waals surface area (Å²) in [6.45, 7) is 5.48. The van der Waals surface area contributed by atoms with Crippen molar-refractivity contribution in [2.45, 2.75) is 37.7 Å². The number of para-hydroxylation sites is 2. The lowest BCUT2D eigenvalue weighted by atomic mass is 10.0. The lowest BCUT2D eigenvalue weighted by molar-refractivity contribution is 0.137. The van der Waals surface area contributed by atoms with Crippen molar-refractivity contribution < 1.29 is 23.7 Å². The maximum Gasteiger partial charge on any atom is 0.405 e. The molecule has 0 radical (unpaired) electrons. The number of nitrogens with one attached hydrogen (secondary N) is 1. The normalized spacial score (nSPS) is 18.5. The van der Waals surface area contributed by atoms with Gasteiger partial charge < -0.3 is 19.7 Å². The molecular weight excluding hydrogens is 503 g/mol. The van der Waals surface area contributed by atoms with Gasteiger partial charge in [0.25, 0.3) is 0 Å². The summed E-state index contributed by atoms with van der Waals surface area (Å²) in [5.41, 5.74) is 1.84. The van der Waals surface area contributed by atoms with Gasteiger partial charge >= 0.3 is 13.6 Å².